The maximum absolute atomic E-state index is 12.7. The summed E-state index contributed by atoms with van der Waals surface area (Å²) in [5, 5.41) is 6.51. The minimum absolute atomic E-state index is 0.377. The summed E-state index contributed by atoms with van der Waals surface area (Å²) in [5.74, 6) is 0.722. The Morgan fingerprint density at radius 1 is 1.14 bits per heavy atom. The van der Waals surface area contributed by atoms with Gasteiger partial charge in [0.15, 0.2) is 5.96 Å². The fourth-order valence-electron chi connectivity index (χ4n) is 2.75. The molecule has 2 aromatic heterocycles. The van der Waals surface area contributed by atoms with Crippen molar-refractivity contribution < 1.29 is 13.2 Å². The second-order valence-corrected chi connectivity index (χ2v) is 11.0. The molecule has 0 spiro atoms. The predicted molar refractivity (Wildman–Crippen MR) is 115 cm³/mol. The van der Waals surface area contributed by atoms with Gasteiger partial charge in [-0.15, -0.1) is 22.7 Å². The van der Waals surface area contributed by atoms with Crippen LogP contribution in [0.5, 0.6) is 0 Å². The van der Waals surface area contributed by atoms with E-state index in [0.717, 1.165) is 17.4 Å². The summed E-state index contributed by atoms with van der Waals surface area (Å²) in [6.45, 7) is 7.73. The highest BCUT2D eigenvalue weighted by Crippen LogP contribution is 2.25. The van der Waals surface area contributed by atoms with E-state index in [1.165, 1.54) is 25.4 Å². The lowest BCUT2D eigenvalue weighted by Crippen LogP contribution is -2.40. The molecule has 0 saturated carbocycles. The molecule has 0 radical (unpaired) electrons. The zero-order chi connectivity index (χ0) is 20.0. The molecule has 2 N–H and O–H groups in total. The van der Waals surface area contributed by atoms with Gasteiger partial charge in [0.05, 0.1) is 26.3 Å². The Labute approximate surface area is 174 Å². The Kier molecular flexibility index (Phi) is 7.47. The van der Waals surface area contributed by atoms with Crippen LogP contribution in [-0.4, -0.2) is 51.5 Å². The van der Waals surface area contributed by atoms with Crippen molar-refractivity contribution in [3.8, 4) is 0 Å². The first-order valence-electron chi connectivity index (χ1n) is 9.23. The van der Waals surface area contributed by atoms with Crippen LogP contribution in [0.3, 0.4) is 0 Å². The van der Waals surface area contributed by atoms with Crippen LogP contribution in [0, 0.1) is 6.92 Å². The lowest BCUT2D eigenvalue weighted by Gasteiger charge is -2.25. The van der Waals surface area contributed by atoms with Gasteiger partial charge in [-0.05, 0) is 38.1 Å². The fraction of sp³-hybridized carbons (Fsp3) is 0.500. The number of nitrogens with zero attached hydrogens (tertiary/aromatic N) is 2. The first-order valence-corrected chi connectivity index (χ1v) is 12.3. The third kappa shape index (κ3) is 5.54. The van der Waals surface area contributed by atoms with Gasteiger partial charge in [-0.1, -0.05) is 0 Å². The molecular weight excluding hydrogens is 416 g/mol. The lowest BCUT2D eigenvalue weighted by atomic mass is 10.4. The summed E-state index contributed by atoms with van der Waals surface area (Å²) in [6, 6.07) is 7.73. The first-order chi connectivity index (χ1) is 13.5. The number of aliphatic imine (C=N–C) groups is 1. The normalized spacial score (nSPS) is 16.3. The van der Waals surface area contributed by atoms with E-state index < -0.39 is 10.0 Å². The van der Waals surface area contributed by atoms with E-state index in [2.05, 4.69) is 34.7 Å². The minimum atomic E-state index is -3.43. The molecule has 0 bridgehead atoms. The van der Waals surface area contributed by atoms with Gasteiger partial charge in [0, 0.05) is 34.3 Å². The Balaban J connectivity index is 1.61. The highest BCUT2D eigenvalue weighted by atomic mass is 32.2. The molecule has 1 aliphatic heterocycles. The van der Waals surface area contributed by atoms with Crippen molar-refractivity contribution in [3.05, 3.63) is 38.9 Å². The number of aryl methyl sites for hydroxylation is 1. The summed E-state index contributed by atoms with van der Waals surface area (Å²) in [4.78, 5) is 8.05. The topological polar surface area (TPSA) is 83.0 Å². The van der Waals surface area contributed by atoms with Crippen molar-refractivity contribution in [3.63, 3.8) is 0 Å². The molecule has 3 rings (SSSR count). The van der Waals surface area contributed by atoms with Gasteiger partial charge < -0.3 is 15.4 Å². The van der Waals surface area contributed by atoms with Crippen molar-refractivity contribution in [2.75, 3.05) is 32.8 Å². The number of sulfonamides is 1. The van der Waals surface area contributed by atoms with Crippen LogP contribution in [0.25, 0.3) is 0 Å². The predicted octanol–water partition coefficient (Wildman–Crippen LogP) is 2.39. The summed E-state index contributed by atoms with van der Waals surface area (Å²) in [5.41, 5.74) is 0. The zero-order valence-corrected chi connectivity index (χ0v) is 18.6. The first kappa shape index (κ1) is 21.3. The molecule has 0 aromatic carbocycles. The molecule has 1 saturated heterocycles. The van der Waals surface area contributed by atoms with E-state index in [4.69, 9.17) is 4.74 Å². The molecule has 28 heavy (non-hydrogen) atoms. The van der Waals surface area contributed by atoms with Gasteiger partial charge in [-0.25, -0.2) is 13.4 Å². The maximum atomic E-state index is 12.7. The largest absolute Gasteiger partial charge is 0.379 e. The van der Waals surface area contributed by atoms with Crippen molar-refractivity contribution in [2.45, 2.75) is 31.1 Å². The number of morpholine rings is 1. The molecule has 1 aliphatic rings. The van der Waals surface area contributed by atoms with Crippen LogP contribution in [0.15, 0.2) is 33.5 Å². The number of rotatable bonds is 7. The molecule has 1 fully saturated rings. The minimum Gasteiger partial charge on any atom is -0.379 e. The summed E-state index contributed by atoms with van der Waals surface area (Å²) < 4.78 is 32.6. The Morgan fingerprint density at radius 2 is 1.89 bits per heavy atom. The second-order valence-electron chi connectivity index (χ2n) is 6.30. The smallest absolute Gasteiger partial charge is 0.252 e. The highest BCUT2D eigenvalue weighted by Gasteiger charge is 2.27. The molecule has 0 atom stereocenters. The third-order valence-corrected chi connectivity index (χ3v) is 8.60. The number of ether oxygens (including phenoxy) is 1. The van der Waals surface area contributed by atoms with Crippen LogP contribution in [0.1, 0.15) is 21.6 Å². The quantitative estimate of drug-likeness (QED) is 0.508. The number of guanidine groups is 1. The standard InChI is InChI=1S/C18H26N4O3S3/c1-3-19-18(20-12-15-5-4-14(2)26-15)21-13-16-6-7-17(27-16)28(23,24)22-8-10-25-11-9-22/h4-7H,3,8-13H2,1-2H3,(H2,19,20,21). The number of thiophene rings is 2. The van der Waals surface area contributed by atoms with Crippen molar-refractivity contribution in [1.82, 2.24) is 14.9 Å². The van der Waals surface area contributed by atoms with E-state index in [-0.39, 0.29) is 0 Å². The van der Waals surface area contributed by atoms with E-state index in [1.54, 1.807) is 17.4 Å². The molecule has 0 aliphatic carbocycles. The number of hydrogen-bond acceptors (Lipinski definition) is 6. The van der Waals surface area contributed by atoms with Crippen molar-refractivity contribution >= 4 is 38.7 Å². The van der Waals surface area contributed by atoms with Gasteiger partial charge in [0.2, 0.25) is 0 Å². The fourth-order valence-corrected chi connectivity index (χ4v) is 6.42. The molecule has 0 amide bonds. The molecule has 154 valence electrons. The van der Waals surface area contributed by atoms with Crippen molar-refractivity contribution in [2.24, 2.45) is 4.99 Å². The van der Waals surface area contributed by atoms with Gasteiger partial charge in [-0.2, -0.15) is 4.31 Å². The van der Waals surface area contributed by atoms with Crippen molar-refractivity contribution in [1.29, 1.82) is 0 Å². The lowest BCUT2D eigenvalue weighted by molar-refractivity contribution is 0.0731. The average molecular weight is 443 g/mol. The van der Waals surface area contributed by atoms with E-state index in [1.807, 2.05) is 13.0 Å². The van der Waals surface area contributed by atoms with Crippen LogP contribution in [0.4, 0.5) is 0 Å². The molecule has 0 unspecified atom stereocenters. The molecule has 10 heteroatoms. The van der Waals surface area contributed by atoms with Crippen LogP contribution in [0.2, 0.25) is 0 Å². The molecule has 2 aromatic rings. The maximum Gasteiger partial charge on any atom is 0.252 e. The average Bonchev–Trinajstić information content (AvgIpc) is 3.34. The summed E-state index contributed by atoms with van der Waals surface area (Å²) >= 11 is 3.04. The second kappa shape index (κ2) is 9.84. The van der Waals surface area contributed by atoms with Crippen LogP contribution in [-0.2, 0) is 27.8 Å². The third-order valence-electron chi connectivity index (χ3n) is 4.16. The van der Waals surface area contributed by atoms with E-state index in [0.29, 0.717) is 43.6 Å². The van der Waals surface area contributed by atoms with Gasteiger partial charge >= 0.3 is 0 Å². The summed E-state index contributed by atoms with van der Waals surface area (Å²) in [7, 11) is -3.43. The van der Waals surface area contributed by atoms with Crippen LogP contribution < -0.4 is 10.6 Å². The SMILES string of the molecule is CCNC(=NCc1ccc(C)s1)NCc1ccc(S(=O)(=O)N2CCOCC2)s1. The number of hydrogen-bond donors (Lipinski definition) is 2. The Bertz CT molecular complexity index is 899. The number of nitrogens with one attached hydrogen (secondary N) is 2. The van der Waals surface area contributed by atoms with Crippen LogP contribution >= 0.6 is 22.7 Å². The zero-order valence-electron chi connectivity index (χ0n) is 16.1. The molecular formula is C18H26N4O3S3. The van der Waals surface area contributed by atoms with Gasteiger partial charge in [-0.3, -0.25) is 0 Å². The summed E-state index contributed by atoms with van der Waals surface area (Å²) in [6.07, 6.45) is 0. The van der Waals surface area contributed by atoms with E-state index in [9.17, 15) is 8.42 Å². The monoisotopic (exact) mass is 442 g/mol. The van der Waals surface area contributed by atoms with Gasteiger partial charge in [0.25, 0.3) is 10.0 Å². The van der Waals surface area contributed by atoms with E-state index >= 15 is 0 Å². The molecule has 3 heterocycles. The highest BCUT2D eigenvalue weighted by molar-refractivity contribution is 7.91. The Morgan fingerprint density at radius 3 is 2.57 bits per heavy atom. The Hall–Kier alpha value is -1.46. The molecule has 7 nitrogen and oxygen atoms in total. The van der Waals surface area contributed by atoms with Gasteiger partial charge in [0.1, 0.15) is 4.21 Å².